The van der Waals surface area contributed by atoms with Crippen molar-refractivity contribution >= 4 is 18.0 Å². The second kappa shape index (κ2) is 9.15. The van der Waals surface area contributed by atoms with Crippen LogP contribution in [0.5, 0.6) is 0 Å². The largest absolute Gasteiger partial charge is 0.462 e. The molecule has 1 aromatic rings. The Labute approximate surface area is 137 Å². The molecule has 0 saturated carbocycles. The first-order valence-corrected chi connectivity index (χ1v) is 7.91. The Morgan fingerprint density at radius 1 is 1.26 bits per heavy atom. The molecular formula is C17H26N2O4. The zero-order valence-electron chi connectivity index (χ0n) is 14.3. The fourth-order valence-electron chi connectivity index (χ4n) is 2.56. The van der Waals surface area contributed by atoms with Crippen molar-refractivity contribution < 1.29 is 19.4 Å². The van der Waals surface area contributed by atoms with Crippen LogP contribution in [0, 0.1) is 13.8 Å². The number of esters is 1. The standard InChI is InChI=1S/C17H26N2O4/c1-5-19-12(3)14(8-9-15(21)18-10-7-11-20)16(13(19)4)17(22)23-6-2/h8-9,20H,5-7,10-11H2,1-4H3,(H,18,21)/b9-8+. The summed E-state index contributed by atoms with van der Waals surface area (Å²) in [5, 5.41) is 11.4. The first kappa shape index (κ1) is 19.0. The lowest BCUT2D eigenvalue weighted by Crippen LogP contribution is -2.22. The van der Waals surface area contributed by atoms with Crippen molar-refractivity contribution in [2.24, 2.45) is 0 Å². The highest BCUT2D eigenvalue weighted by Crippen LogP contribution is 2.24. The summed E-state index contributed by atoms with van der Waals surface area (Å²) in [5.41, 5.74) is 2.97. The van der Waals surface area contributed by atoms with Gasteiger partial charge in [0, 0.05) is 42.7 Å². The van der Waals surface area contributed by atoms with E-state index in [1.165, 1.54) is 6.08 Å². The maximum absolute atomic E-state index is 12.2. The lowest BCUT2D eigenvalue weighted by Gasteiger charge is -2.05. The molecule has 0 bridgehead atoms. The number of hydrogen-bond acceptors (Lipinski definition) is 4. The average molecular weight is 322 g/mol. The van der Waals surface area contributed by atoms with E-state index in [2.05, 4.69) is 5.32 Å². The third-order valence-corrected chi connectivity index (χ3v) is 3.66. The summed E-state index contributed by atoms with van der Waals surface area (Å²) in [6.07, 6.45) is 3.56. The Balaban J connectivity index is 3.09. The van der Waals surface area contributed by atoms with Crippen molar-refractivity contribution in [2.45, 2.75) is 40.7 Å². The summed E-state index contributed by atoms with van der Waals surface area (Å²) >= 11 is 0. The molecule has 6 heteroatoms. The molecule has 0 saturated heterocycles. The molecule has 0 fully saturated rings. The fraction of sp³-hybridized carbons (Fsp3) is 0.529. The van der Waals surface area contributed by atoms with Gasteiger partial charge in [0.2, 0.25) is 5.91 Å². The molecule has 1 heterocycles. The molecule has 6 nitrogen and oxygen atoms in total. The van der Waals surface area contributed by atoms with Crippen LogP contribution < -0.4 is 5.32 Å². The molecule has 2 N–H and O–H groups in total. The number of aromatic nitrogens is 1. The van der Waals surface area contributed by atoms with Gasteiger partial charge >= 0.3 is 5.97 Å². The van der Waals surface area contributed by atoms with E-state index in [9.17, 15) is 9.59 Å². The van der Waals surface area contributed by atoms with E-state index in [0.717, 1.165) is 17.9 Å². The maximum atomic E-state index is 12.2. The fourth-order valence-corrected chi connectivity index (χ4v) is 2.56. The number of rotatable bonds is 8. The second-order valence-electron chi connectivity index (χ2n) is 5.13. The minimum absolute atomic E-state index is 0.0364. The van der Waals surface area contributed by atoms with E-state index in [0.29, 0.717) is 30.7 Å². The molecule has 128 valence electrons. The summed E-state index contributed by atoms with van der Waals surface area (Å²) in [5.74, 6) is -0.629. The first-order valence-electron chi connectivity index (χ1n) is 7.91. The summed E-state index contributed by atoms with van der Waals surface area (Å²) in [4.78, 5) is 24.0. The topological polar surface area (TPSA) is 80.6 Å². The Kier molecular flexibility index (Phi) is 7.54. The molecule has 0 radical (unpaired) electrons. The van der Waals surface area contributed by atoms with Crippen molar-refractivity contribution in [3.63, 3.8) is 0 Å². The van der Waals surface area contributed by atoms with Crippen LogP contribution in [0.3, 0.4) is 0 Å². The van der Waals surface area contributed by atoms with Crippen molar-refractivity contribution in [3.8, 4) is 0 Å². The molecule has 0 aliphatic rings. The predicted molar refractivity (Wildman–Crippen MR) is 89.3 cm³/mol. The molecule has 0 unspecified atom stereocenters. The van der Waals surface area contributed by atoms with Gasteiger partial charge in [0.1, 0.15) is 0 Å². The lowest BCUT2D eigenvalue weighted by atomic mass is 10.1. The van der Waals surface area contributed by atoms with E-state index in [4.69, 9.17) is 9.84 Å². The van der Waals surface area contributed by atoms with Gasteiger partial charge in [-0.3, -0.25) is 4.79 Å². The van der Waals surface area contributed by atoms with E-state index in [-0.39, 0.29) is 18.5 Å². The Bertz CT molecular complexity index is 588. The molecular weight excluding hydrogens is 296 g/mol. The number of nitrogens with zero attached hydrogens (tertiary/aromatic N) is 1. The van der Waals surface area contributed by atoms with Gasteiger partial charge in [-0.1, -0.05) is 0 Å². The molecule has 0 aromatic carbocycles. The highest BCUT2D eigenvalue weighted by molar-refractivity contribution is 5.98. The quantitative estimate of drug-likeness (QED) is 0.434. The van der Waals surface area contributed by atoms with Crippen LogP contribution in [-0.4, -0.2) is 41.3 Å². The minimum atomic E-state index is -0.374. The third kappa shape index (κ3) is 4.69. The van der Waals surface area contributed by atoms with Crippen molar-refractivity contribution in [2.75, 3.05) is 19.8 Å². The minimum Gasteiger partial charge on any atom is -0.462 e. The van der Waals surface area contributed by atoms with Gasteiger partial charge in [0.25, 0.3) is 0 Å². The maximum Gasteiger partial charge on any atom is 0.340 e. The number of hydrogen-bond donors (Lipinski definition) is 2. The van der Waals surface area contributed by atoms with Gasteiger partial charge < -0.3 is 19.7 Å². The molecule has 0 spiro atoms. The van der Waals surface area contributed by atoms with E-state index in [1.54, 1.807) is 13.0 Å². The van der Waals surface area contributed by atoms with Crippen LogP contribution in [0.15, 0.2) is 6.08 Å². The Morgan fingerprint density at radius 2 is 1.96 bits per heavy atom. The highest BCUT2D eigenvalue weighted by Gasteiger charge is 2.22. The zero-order chi connectivity index (χ0) is 17.4. The average Bonchev–Trinajstić information content (AvgIpc) is 2.75. The molecule has 23 heavy (non-hydrogen) atoms. The number of ether oxygens (including phenoxy) is 1. The van der Waals surface area contributed by atoms with Gasteiger partial charge in [-0.15, -0.1) is 0 Å². The second-order valence-corrected chi connectivity index (χ2v) is 5.13. The van der Waals surface area contributed by atoms with Crippen molar-refractivity contribution in [3.05, 3.63) is 28.6 Å². The number of amides is 1. The SMILES string of the molecule is CCOC(=O)c1c(/C=C/C(=O)NCCCO)c(C)n(CC)c1C. The monoisotopic (exact) mass is 322 g/mol. The zero-order valence-corrected chi connectivity index (χ0v) is 14.3. The van der Waals surface area contributed by atoms with Crippen LogP contribution in [0.25, 0.3) is 6.08 Å². The summed E-state index contributed by atoms with van der Waals surface area (Å²) in [6, 6.07) is 0. The van der Waals surface area contributed by atoms with E-state index >= 15 is 0 Å². The van der Waals surface area contributed by atoms with Crippen LogP contribution in [-0.2, 0) is 16.1 Å². The molecule has 0 atom stereocenters. The van der Waals surface area contributed by atoms with Crippen molar-refractivity contribution in [1.29, 1.82) is 0 Å². The van der Waals surface area contributed by atoms with Gasteiger partial charge in [0.15, 0.2) is 0 Å². The van der Waals surface area contributed by atoms with Crippen LogP contribution >= 0.6 is 0 Å². The highest BCUT2D eigenvalue weighted by atomic mass is 16.5. The number of aliphatic hydroxyl groups is 1. The molecule has 1 amide bonds. The third-order valence-electron chi connectivity index (χ3n) is 3.66. The van der Waals surface area contributed by atoms with Crippen LogP contribution in [0.1, 0.15) is 47.6 Å². The normalized spacial score (nSPS) is 11.0. The number of aliphatic hydroxyl groups excluding tert-OH is 1. The van der Waals surface area contributed by atoms with Gasteiger partial charge in [-0.25, -0.2) is 4.79 Å². The predicted octanol–water partition coefficient (Wildman–Crippen LogP) is 1.81. The van der Waals surface area contributed by atoms with E-state index < -0.39 is 0 Å². The first-order chi connectivity index (χ1) is 11.0. The van der Waals surface area contributed by atoms with Gasteiger partial charge in [-0.2, -0.15) is 0 Å². The number of carbonyl (C=O) groups excluding carboxylic acids is 2. The molecule has 0 aliphatic carbocycles. The van der Waals surface area contributed by atoms with E-state index in [1.807, 2.05) is 25.3 Å². The summed E-state index contributed by atoms with van der Waals surface area (Å²) in [6.45, 7) is 9.06. The molecule has 0 aliphatic heterocycles. The number of carbonyl (C=O) groups is 2. The number of nitrogens with one attached hydrogen (secondary N) is 1. The summed E-state index contributed by atoms with van der Waals surface area (Å²) < 4.78 is 7.16. The summed E-state index contributed by atoms with van der Waals surface area (Å²) in [7, 11) is 0. The van der Waals surface area contributed by atoms with Gasteiger partial charge in [-0.05, 0) is 40.2 Å². The van der Waals surface area contributed by atoms with Crippen LogP contribution in [0.4, 0.5) is 0 Å². The van der Waals surface area contributed by atoms with Crippen LogP contribution in [0.2, 0.25) is 0 Å². The molecule has 1 rings (SSSR count). The Morgan fingerprint density at radius 3 is 2.52 bits per heavy atom. The molecule has 1 aromatic heterocycles. The van der Waals surface area contributed by atoms with Crippen molar-refractivity contribution in [1.82, 2.24) is 9.88 Å². The lowest BCUT2D eigenvalue weighted by molar-refractivity contribution is -0.116. The smallest absolute Gasteiger partial charge is 0.340 e. The Hall–Kier alpha value is -2.08. The van der Waals surface area contributed by atoms with Gasteiger partial charge in [0.05, 0.1) is 12.2 Å².